The molecule has 2 rings (SSSR count). The highest BCUT2D eigenvalue weighted by Gasteiger charge is 2.43. The normalized spacial score (nSPS) is 29.4. The standard InChI is InChI=1S/C15H26N2O3/c1-14(13(19)20)7-8-17(11-14)12(18)9-15(10-16)5-3-2-4-6-15/h2-11,16H2,1H3,(H,19,20). The van der Waals surface area contributed by atoms with Gasteiger partial charge < -0.3 is 15.7 Å². The van der Waals surface area contributed by atoms with Crippen LogP contribution in [-0.4, -0.2) is 41.5 Å². The molecule has 2 fully saturated rings. The number of carboxylic acid groups (broad SMARTS) is 1. The predicted molar refractivity (Wildman–Crippen MR) is 76.1 cm³/mol. The van der Waals surface area contributed by atoms with E-state index in [9.17, 15) is 14.7 Å². The number of carbonyl (C=O) groups excluding carboxylic acids is 1. The van der Waals surface area contributed by atoms with Crippen LogP contribution in [0.5, 0.6) is 0 Å². The molecule has 114 valence electrons. The van der Waals surface area contributed by atoms with E-state index in [1.54, 1.807) is 11.8 Å². The molecule has 0 spiro atoms. The predicted octanol–water partition coefficient (Wildman–Crippen LogP) is 1.61. The smallest absolute Gasteiger partial charge is 0.311 e. The molecule has 1 heterocycles. The Labute approximate surface area is 120 Å². The fraction of sp³-hybridized carbons (Fsp3) is 0.867. The molecule has 5 heteroatoms. The number of rotatable bonds is 4. The van der Waals surface area contributed by atoms with Crippen molar-refractivity contribution in [1.82, 2.24) is 4.90 Å². The van der Waals surface area contributed by atoms with Gasteiger partial charge in [-0.25, -0.2) is 0 Å². The van der Waals surface area contributed by atoms with Gasteiger partial charge in [0.15, 0.2) is 0 Å². The maximum Gasteiger partial charge on any atom is 0.311 e. The van der Waals surface area contributed by atoms with E-state index >= 15 is 0 Å². The lowest BCUT2D eigenvalue weighted by Crippen LogP contribution is -2.41. The number of aliphatic carboxylic acids is 1. The number of nitrogens with zero attached hydrogens (tertiary/aromatic N) is 1. The van der Waals surface area contributed by atoms with E-state index in [0.717, 1.165) is 25.7 Å². The average Bonchev–Trinajstić information content (AvgIpc) is 2.84. The molecule has 5 nitrogen and oxygen atoms in total. The van der Waals surface area contributed by atoms with E-state index in [4.69, 9.17) is 5.73 Å². The maximum atomic E-state index is 12.5. The number of nitrogens with two attached hydrogens (primary N) is 1. The lowest BCUT2D eigenvalue weighted by Gasteiger charge is -2.36. The van der Waals surface area contributed by atoms with Crippen LogP contribution in [0.1, 0.15) is 51.9 Å². The molecule has 0 aromatic rings. The molecular formula is C15H26N2O3. The van der Waals surface area contributed by atoms with Crippen LogP contribution < -0.4 is 5.73 Å². The lowest BCUT2D eigenvalue weighted by atomic mass is 9.71. The molecule has 0 bridgehead atoms. The summed E-state index contributed by atoms with van der Waals surface area (Å²) in [6.45, 7) is 3.18. The number of carbonyl (C=O) groups is 2. The van der Waals surface area contributed by atoms with Gasteiger partial charge in [0.25, 0.3) is 0 Å². The topological polar surface area (TPSA) is 83.6 Å². The number of hydrogen-bond acceptors (Lipinski definition) is 3. The van der Waals surface area contributed by atoms with Crippen LogP contribution in [0, 0.1) is 10.8 Å². The molecule has 1 amide bonds. The summed E-state index contributed by atoms with van der Waals surface area (Å²) in [7, 11) is 0. The first kappa shape index (κ1) is 15.3. The largest absolute Gasteiger partial charge is 0.481 e. The van der Waals surface area contributed by atoms with Crippen LogP contribution in [0.25, 0.3) is 0 Å². The summed E-state index contributed by atoms with van der Waals surface area (Å²) in [6, 6.07) is 0. The Bertz CT molecular complexity index is 391. The maximum absolute atomic E-state index is 12.5. The van der Waals surface area contributed by atoms with Gasteiger partial charge in [-0.2, -0.15) is 0 Å². The van der Waals surface area contributed by atoms with E-state index in [-0.39, 0.29) is 11.3 Å². The molecule has 2 aliphatic rings. The van der Waals surface area contributed by atoms with Crippen LogP contribution in [0.15, 0.2) is 0 Å². The minimum absolute atomic E-state index is 0.0441. The van der Waals surface area contributed by atoms with Crippen molar-refractivity contribution in [1.29, 1.82) is 0 Å². The molecule has 1 unspecified atom stereocenters. The first-order chi connectivity index (χ1) is 9.41. The molecule has 1 saturated carbocycles. The van der Waals surface area contributed by atoms with Crippen LogP contribution in [0.2, 0.25) is 0 Å². The van der Waals surface area contributed by atoms with Crippen molar-refractivity contribution in [2.45, 2.75) is 51.9 Å². The zero-order valence-electron chi connectivity index (χ0n) is 12.4. The molecule has 0 aromatic heterocycles. The van der Waals surface area contributed by atoms with Gasteiger partial charge in [0.05, 0.1) is 5.41 Å². The average molecular weight is 282 g/mol. The van der Waals surface area contributed by atoms with Crippen molar-refractivity contribution in [2.75, 3.05) is 19.6 Å². The third kappa shape index (κ3) is 2.97. The van der Waals surface area contributed by atoms with Gasteiger partial charge in [0.1, 0.15) is 0 Å². The Kier molecular flexibility index (Phi) is 4.37. The van der Waals surface area contributed by atoms with Crippen LogP contribution in [-0.2, 0) is 9.59 Å². The van der Waals surface area contributed by atoms with Gasteiger partial charge >= 0.3 is 5.97 Å². The van der Waals surface area contributed by atoms with Crippen LogP contribution >= 0.6 is 0 Å². The van der Waals surface area contributed by atoms with Gasteiger partial charge in [0.2, 0.25) is 5.91 Å². The summed E-state index contributed by atoms with van der Waals surface area (Å²) in [5.41, 5.74) is 5.10. The van der Waals surface area contributed by atoms with Gasteiger partial charge in [-0.1, -0.05) is 19.3 Å². The van der Waals surface area contributed by atoms with Gasteiger partial charge in [-0.05, 0) is 38.1 Å². The monoisotopic (exact) mass is 282 g/mol. The molecule has 0 aromatic carbocycles. The highest BCUT2D eigenvalue weighted by molar-refractivity contribution is 5.80. The van der Waals surface area contributed by atoms with Crippen molar-refractivity contribution < 1.29 is 14.7 Å². The zero-order valence-corrected chi connectivity index (χ0v) is 12.4. The molecular weight excluding hydrogens is 256 g/mol. The first-order valence-electron chi connectivity index (χ1n) is 7.62. The summed E-state index contributed by atoms with van der Waals surface area (Å²) < 4.78 is 0. The highest BCUT2D eigenvalue weighted by atomic mass is 16.4. The van der Waals surface area contributed by atoms with Crippen molar-refractivity contribution >= 4 is 11.9 Å². The Hall–Kier alpha value is -1.10. The van der Waals surface area contributed by atoms with Crippen LogP contribution in [0.4, 0.5) is 0 Å². The Morgan fingerprint density at radius 3 is 2.35 bits per heavy atom. The summed E-state index contributed by atoms with van der Waals surface area (Å²) in [6.07, 6.45) is 6.62. The van der Waals surface area contributed by atoms with E-state index < -0.39 is 11.4 Å². The second kappa shape index (κ2) is 5.72. The molecule has 1 atom stereocenters. The first-order valence-corrected chi connectivity index (χ1v) is 7.62. The number of hydrogen-bond donors (Lipinski definition) is 2. The molecule has 1 aliphatic heterocycles. The SMILES string of the molecule is CC1(C(=O)O)CCN(C(=O)CC2(CN)CCCCC2)C1. The van der Waals surface area contributed by atoms with Crippen molar-refractivity contribution in [3.8, 4) is 0 Å². The van der Waals surface area contributed by atoms with E-state index in [2.05, 4.69) is 0 Å². The third-order valence-corrected chi connectivity index (χ3v) is 5.22. The van der Waals surface area contributed by atoms with E-state index in [1.807, 2.05) is 0 Å². The van der Waals surface area contributed by atoms with Gasteiger partial charge in [-0.15, -0.1) is 0 Å². The van der Waals surface area contributed by atoms with Crippen molar-refractivity contribution in [2.24, 2.45) is 16.6 Å². The molecule has 1 aliphatic carbocycles. The number of carboxylic acids is 1. The summed E-state index contributed by atoms with van der Waals surface area (Å²) in [5, 5.41) is 9.23. The minimum atomic E-state index is -0.806. The molecule has 1 saturated heterocycles. The summed E-state index contributed by atoms with van der Waals surface area (Å²) >= 11 is 0. The van der Waals surface area contributed by atoms with Gasteiger partial charge in [-0.3, -0.25) is 9.59 Å². The zero-order chi connectivity index (χ0) is 14.8. The number of likely N-dealkylation sites (tertiary alicyclic amines) is 1. The second-order valence-electron chi connectivity index (χ2n) is 6.87. The second-order valence-corrected chi connectivity index (χ2v) is 6.87. The number of amides is 1. The summed E-state index contributed by atoms with van der Waals surface area (Å²) in [4.78, 5) is 25.4. The molecule has 3 N–H and O–H groups in total. The summed E-state index contributed by atoms with van der Waals surface area (Å²) in [5.74, 6) is -0.721. The third-order valence-electron chi connectivity index (χ3n) is 5.22. The Morgan fingerprint density at radius 2 is 1.85 bits per heavy atom. The van der Waals surface area contributed by atoms with Crippen molar-refractivity contribution in [3.05, 3.63) is 0 Å². The van der Waals surface area contributed by atoms with Gasteiger partial charge in [0, 0.05) is 19.5 Å². The fourth-order valence-electron chi connectivity index (χ4n) is 3.54. The quantitative estimate of drug-likeness (QED) is 0.820. The highest BCUT2D eigenvalue weighted by Crippen LogP contribution is 2.40. The molecule has 0 radical (unpaired) electrons. The molecule has 20 heavy (non-hydrogen) atoms. The lowest BCUT2D eigenvalue weighted by molar-refractivity contribution is -0.147. The minimum Gasteiger partial charge on any atom is -0.481 e. The van der Waals surface area contributed by atoms with Crippen molar-refractivity contribution in [3.63, 3.8) is 0 Å². The van der Waals surface area contributed by atoms with E-state index in [1.165, 1.54) is 6.42 Å². The Morgan fingerprint density at radius 1 is 1.20 bits per heavy atom. The van der Waals surface area contributed by atoms with Crippen LogP contribution in [0.3, 0.4) is 0 Å². The van der Waals surface area contributed by atoms with E-state index in [0.29, 0.717) is 32.5 Å². The Balaban J connectivity index is 1.97. The fourth-order valence-corrected chi connectivity index (χ4v) is 3.54.